The highest BCUT2D eigenvalue weighted by Crippen LogP contribution is 2.33. The van der Waals surface area contributed by atoms with E-state index in [9.17, 15) is 26.4 Å². The van der Waals surface area contributed by atoms with E-state index in [-0.39, 0.29) is 23.2 Å². The van der Waals surface area contributed by atoms with Crippen molar-refractivity contribution in [3.8, 4) is 0 Å². The Bertz CT molecular complexity index is 510. The van der Waals surface area contributed by atoms with E-state index in [1.165, 1.54) is 0 Å². The fourth-order valence-electron chi connectivity index (χ4n) is 3.38. The number of hydrogen-bond donors (Lipinski definition) is 1. The number of nitrogens with zero attached hydrogens (tertiary/aromatic N) is 1. The van der Waals surface area contributed by atoms with Crippen LogP contribution in [0.4, 0.5) is 18.0 Å². The van der Waals surface area contributed by atoms with Crippen molar-refractivity contribution in [1.82, 2.24) is 9.62 Å². The maximum atomic E-state index is 13.0. The molecular formula is C14H23F3N2O3S. The summed E-state index contributed by atoms with van der Waals surface area (Å²) in [6, 6.07) is -2.27. The molecule has 0 radical (unpaired) electrons. The van der Waals surface area contributed by atoms with E-state index >= 15 is 0 Å². The topological polar surface area (TPSA) is 66.5 Å². The highest BCUT2D eigenvalue weighted by Gasteiger charge is 2.54. The molecule has 9 heteroatoms. The van der Waals surface area contributed by atoms with Crippen LogP contribution in [0, 0.1) is 0 Å². The van der Waals surface area contributed by atoms with Crippen molar-refractivity contribution in [1.29, 1.82) is 0 Å². The molecule has 2 fully saturated rings. The summed E-state index contributed by atoms with van der Waals surface area (Å²) < 4.78 is 62.7. The summed E-state index contributed by atoms with van der Waals surface area (Å²) in [6.07, 6.45) is 6.84. The lowest BCUT2D eigenvalue weighted by atomic mass is 9.95. The first kappa shape index (κ1) is 18.4. The van der Waals surface area contributed by atoms with Crippen molar-refractivity contribution in [3.63, 3.8) is 0 Å². The number of carbonyl (C=O) groups is 1. The third-order valence-electron chi connectivity index (χ3n) is 4.59. The largest absolute Gasteiger partial charge is 0.516 e. The molecule has 2 aliphatic rings. The zero-order valence-corrected chi connectivity index (χ0v) is 13.8. The second-order valence-electron chi connectivity index (χ2n) is 6.32. The fourth-order valence-corrected chi connectivity index (χ4v) is 4.48. The van der Waals surface area contributed by atoms with E-state index in [0.717, 1.165) is 25.7 Å². The first-order valence-electron chi connectivity index (χ1n) is 8.14. The molecule has 134 valence electrons. The van der Waals surface area contributed by atoms with Gasteiger partial charge in [-0.2, -0.15) is 21.6 Å². The molecule has 0 aromatic heterocycles. The molecule has 0 aromatic carbocycles. The number of amides is 2. The number of rotatable bonds is 3. The van der Waals surface area contributed by atoms with Crippen LogP contribution in [0.15, 0.2) is 0 Å². The van der Waals surface area contributed by atoms with Crippen LogP contribution in [0.2, 0.25) is 0 Å². The summed E-state index contributed by atoms with van der Waals surface area (Å²) in [4.78, 5) is 12.3. The predicted octanol–water partition coefficient (Wildman–Crippen LogP) is 3.51. The fraction of sp³-hybridized carbons (Fsp3) is 0.929. The van der Waals surface area contributed by atoms with Crippen molar-refractivity contribution < 1.29 is 26.4 Å². The second kappa shape index (κ2) is 7.27. The summed E-state index contributed by atoms with van der Waals surface area (Å²) in [5, 5.41) is 2.50. The van der Waals surface area contributed by atoms with Crippen LogP contribution in [0.1, 0.15) is 64.2 Å². The minimum Gasteiger partial charge on any atom is -0.334 e. The first-order valence-corrected chi connectivity index (χ1v) is 9.58. The molecule has 0 aliphatic heterocycles. The Morgan fingerprint density at radius 2 is 1.39 bits per heavy atom. The molecule has 0 saturated heterocycles. The molecule has 2 aliphatic carbocycles. The highest BCUT2D eigenvalue weighted by atomic mass is 32.2. The Kier molecular flexibility index (Phi) is 5.80. The Morgan fingerprint density at radius 3 is 1.87 bits per heavy atom. The van der Waals surface area contributed by atoms with Gasteiger partial charge < -0.3 is 5.32 Å². The minimum absolute atomic E-state index is 0.0702. The molecular weight excluding hydrogens is 333 g/mol. The van der Waals surface area contributed by atoms with Gasteiger partial charge in [0.15, 0.2) is 0 Å². The van der Waals surface area contributed by atoms with Crippen LogP contribution in [-0.2, 0) is 10.0 Å². The average molecular weight is 356 g/mol. The van der Waals surface area contributed by atoms with Crippen molar-refractivity contribution in [2.75, 3.05) is 0 Å². The summed E-state index contributed by atoms with van der Waals surface area (Å²) >= 11 is 0. The molecule has 2 saturated carbocycles. The molecule has 2 amide bonds. The quantitative estimate of drug-likeness (QED) is 0.841. The lowest BCUT2D eigenvalue weighted by molar-refractivity contribution is -0.0491. The highest BCUT2D eigenvalue weighted by molar-refractivity contribution is 7.90. The third kappa shape index (κ3) is 4.30. The Labute approximate surface area is 134 Å². The Hall–Kier alpha value is -0.990. The molecule has 0 unspecified atom stereocenters. The van der Waals surface area contributed by atoms with Gasteiger partial charge in [0, 0.05) is 6.04 Å². The predicted molar refractivity (Wildman–Crippen MR) is 79.1 cm³/mol. The van der Waals surface area contributed by atoms with Gasteiger partial charge in [-0.05, 0) is 25.7 Å². The zero-order valence-electron chi connectivity index (χ0n) is 12.9. The molecule has 0 aromatic rings. The molecule has 0 spiro atoms. The van der Waals surface area contributed by atoms with Crippen molar-refractivity contribution >= 4 is 16.1 Å². The first-order chi connectivity index (χ1) is 10.7. The van der Waals surface area contributed by atoms with E-state index in [1.54, 1.807) is 0 Å². The van der Waals surface area contributed by atoms with Crippen LogP contribution >= 0.6 is 0 Å². The zero-order chi connectivity index (χ0) is 17.1. The van der Waals surface area contributed by atoms with E-state index < -0.39 is 27.6 Å². The molecule has 0 bridgehead atoms. The van der Waals surface area contributed by atoms with Gasteiger partial charge in [-0.1, -0.05) is 38.5 Å². The van der Waals surface area contributed by atoms with Crippen LogP contribution < -0.4 is 5.32 Å². The Balaban J connectivity index is 2.20. The number of sulfonamides is 1. The summed E-state index contributed by atoms with van der Waals surface area (Å²) in [6.45, 7) is 0. The van der Waals surface area contributed by atoms with Crippen molar-refractivity contribution in [3.05, 3.63) is 0 Å². The Morgan fingerprint density at radius 1 is 0.913 bits per heavy atom. The van der Waals surface area contributed by atoms with Gasteiger partial charge in [0.2, 0.25) is 0 Å². The monoisotopic (exact) mass is 356 g/mol. The maximum Gasteiger partial charge on any atom is 0.516 e. The molecule has 0 atom stereocenters. The maximum absolute atomic E-state index is 13.0. The molecule has 23 heavy (non-hydrogen) atoms. The van der Waals surface area contributed by atoms with Gasteiger partial charge in [0.25, 0.3) is 0 Å². The summed E-state index contributed by atoms with van der Waals surface area (Å²) in [7, 11) is -5.67. The van der Waals surface area contributed by atoms with Gasteiger partial charge in [-0.3, -0.25) is 0 Å². The number of halogens is 3. The van der Waals surface area contributed by atoms with Crippen molar-refractivity contribution in [2.24, 2.45) is 0 Å². The van der Waals surface area contributed by atoms with Gasteiger partial charge in [-0.25, -0.2) is 9.10 Å². The van der Waals surface area contributed by atoms with Crippen LogP contribution in [0.25, 0.3) is 0 Å². The molecule has 1 N–H and O–H groups in total. The van der Waals surface area contributed by atoms with Crippen LogP contribution in [-0.4, -0.2) is 36.3 Å². The van der Waals surface area contributed by atoms with Gasteiger partial charge in [-0.15, -0.1) is 0 Å². The number of nitrogens with one attached hydrogen (secondary N) is 1. The SMILES string of the molecule is O=C(NC1CCCCC1)N(C1CCCCC1)S(=O)(=O)C(F)(F)F. The standard InChI is InChI=1S/C14H23F3N2O3S/c15-14(16,17)23(21,22)19(12-9-5-2-6-10-12)13(20)18-11-7-3-1-4-8-11/h11-12H,1-10H2,(H,18,20). The lowest BCUT2D eigenvalue weighted by Crippen LogP contribution is -2.55. The second-order valence-corrected chi connectivity index (χ2v) is 8.13. The van der Waals surface area contributed by atoms with E-state index in [0.29, 0.717) is 25.7 Å². The van der Waals surface area contributed by atoms with E-state index in [4.69, 9.17) is 0 Å². The molecule has 5 nitrogen and oxygen atoms in total. The van der Waals surface area contributed by atoms with Crippen molar-refractivity contribution in [2.45, 2.75) is 81.8 Å². The minimum atomic E-state index is -5.67. The summed E-state index contributed by atoms with van der Waals surface area (Å²) in [5.41, 5.74) is -5.46. The molecule has 2 rings (SSSR count). The normalized spacial score (nSPS) is 21.9. The van der Waals surface area contributed by atoms with E-state index in [1.807, 2.05) is 0 Å². The number of alkyl halides is 3. The number of hydrogen-bond acceptors (Lipinski definition) is 3. The number of urea groups is 1. The van der Waals surface area contributed by atoms with Gasteiger partial charge in [0.05, 0.1) is 6.04 Å². The van der Waals surface area contributed by atoms with Gasteiger partial charge >= 0.3 is 21.6 Å². The molecule has 0 heterocycles. The smallest absolute Gasteiger partial charge is 0.334 e. The van der Waals surface area contributed by atoms with Crippen LogP contribution in [0.3, 0.4) is 0 Å². The van der Waals surface area contributed by atoms with Crippen LogP contribution in [0.5, 0.6) is 0 Å². The lowest BCUT2D eigenvalue weighted by Gasteiger charge is -2.35. The number of carbonyl (C=O) groups excluding carboxylic acids is 1. The van der Waals surface area contributed by atoms with E-state index in [2.05, 4.69) is 5.32 Å². The van der Waals surface area contributed by atoms with Gasteiger partial charge in [0.1, 0.15) is 0 Å². The third-order valence-corrected chi connectivity index (χ3v) is 6.16. The summed E-state index contributed by atoms with van der Waals surface area (Å²) in [5.74, 6) is 0. The average Bonchev–Trinajstić information content (AvgIpc) is 2.48.